The van der Waals surface area contributed by atoms with Gasteiger partial charge in [0.15, 0.2) is 0 Å². The Morgan fingerprint density at radius 3 is 2.76 bits per heavy atom. The predicted molar refractivity (Wildman–Crippen MR) is 63.1 cm³/mol. The normalized spacial score (nSPS) is 10.3. The van der Waals surface area contributed by atoms with Crippen LogP contribution >= 0.6 is 0 Å². The largest absolute Gasteiger partial charge is 0.497 e. The Kier molecular flexibility index (Phi) is 2.91. The molecule has 2 aromatic rings. The van der Waals surface area contributed by atoms with Crippen molar-refractivity contribution in [3.63, 3.8) is 0 Å². The molecule has 88 valence electrons. The molecule has 0 spiro atoms. The van der Waals surface area contributed by atoms with E-state index in [9.17, 15) is 4.39 Å². The van der Waals surface area contributed by atoms with Crippen LogP contribution in [0.25, 0.3) is 11.3 Å². The lowest BCUT2D eigenvalue weighted by Gasteiger charge is -2.07. The lowest BCUT2D eigenvalue weighted by molar-refractivity contribution is 0.411. The minimum Gasteiger partial charge on any atom is -0.497 e. The first-order chi connectivity index (χ1) is 8.11. The fourth-order valence-corrected chi connectivity index (χ4v) is 1.53. The van der Waals surface area contributed by atoms with E-state index in [-0.39, 0.29) is 5.82 Å². The van der Waals surface area contributed by atoms with E-state index in [4.69, 9.17) is 10.5 Å². The summed E-state index contributed by atoms with van der Waals surface area (Å²) in [5.74, 6) is 0.314. The highest BCUT2D eigenvalue weighted by Crippen LogP contribution is 2.26. The molecule has 0 atom stereocenters. The summed E-state index contributed by atoms with van der Waals surface area (Å²) in [6.45, 7) is 1.76. The van der Waals surface area contributed by atoms with Crippen molar-refractivity contribution < 1.29 is 9.13 Å². The lowest BCUT2D eigenvalue weighted by Crippen LogP contribution is -1.99. The molecule has 0 aliphatic rings. The summed E-state index contributed by atoms with van der Waals surface area (Å²) in [6.07, 6.45) is 1.44. The number of ether oxygens (including phenoxy) is 1. The van der Waals surface area contributed by atoms with Crippen LogP contribution in [0.3, 0.4) is 0 Å². The topological polar surface area (TPSA) is 61.0 Å². The summed E-state index contributed by atoms with van der Waals surface area (Å²) in [4.78, 5) is 8.15. The number of hydrogen-bond acceptors (Lipinski definition) is 4. The number of hydrogen-bond donors (Lipinski definition) is 1. The van der Waals surface area contributed by atoms with Gasteiger partial charge in [0.25, 0.3) is 0 Å². The van der Waals surface area contributed by atoms with Crippen molar-refractivity contribution in [2.45, 2.75) is 6.92 Å². The van der Waals surface area contributed by atoms with Crippen LogP contribution in [0.5, 0.6) is 5.75 Å². The molecule has 2 N–H and O–H groups in total. The van der Waals surface area contributed by atoms with Crippen LogP contribution in [0.4, 0.5) is 10.2 Å². The van der Waals surface area contributed by atoms with Gasteiger partial charge in [0.2, 0.25) is 0 Å². The second-order valence-corrected chi connectivity index (χ2v) is 3.57. The fraction of sp³-hybridized carbons (Fsp3) is 0.167. The highest BCUT2D eigenvalue weighted by atomic mass is 19.1. The van der Waals surface area contributed by atoms with Crippen molar-refractivity contribution >= 4 is 5.82 Å². The fourth-order valence-electron chi connectivity index (χ4n) is 1.53. The molecule has 0 aliphatic heterocycles. The zero-order chi connectivity index (χ0) is 12.4. The molecule has 4 nitrogen and oxygen atoms in total. The molecule has 0 radical (unpaired) electrons. The van der Waals surface area contributed by atoms with Crippen LogP contribution in [0, 0.1) is 12.7 Å². The van der Waals surface area contributed by atoms with E-state index in [2.05, 4.69) is 9.97 Å². The van der Waals surface area contributed by atoms with Crippen molar-refractivity contribution in [3.05, 3.63) is 35.9 Å². The summed E-state index contributed by atoms with van der Waals surface area (Å²) in [7, 11) is 1.49. The SMILES string of the molecule is COc1ccc(-c2nc(N)cnc2C)c(F)c1. The molecule has 2 rings (SSSR count). The zero-order valence-electron chi connectivity index (χ0n) is 9.57. The molecule has 5 heteroatoms. The maximum atomic E-state index is 13.8. The van der Waals surface area contributed by atoms with Crippen LogP contribution in [-0.2, 0) is 0 Å². The van der Waals surface area contributed by atoms with Gasteiger partial charge in [-0.05, 0) is 19.1 Å². The number of aromatic nitrogens is 2. The molecule has 0 amide bonds. The molecular formula is C12H12FN3O. The molecular weight excluding hydrogens is 221 g/mol. The van der Waals surface area contributed by atoms with E-state index in [1.54, 1.807) is 19.1 Å². The van der Waals surface area contributed by atoms with Crippen LogP contribution < -0.4 is 10.5 Å². The minimum absolute atomic E-state index is 0.265. The third-order valence-electron chi connectivity index (χ3n) is 2.41. The number of nitrogens with zero attached hydrogens (tertiary/aromatic N) is 2. The van der Waals surface area contributed by atoms with Crippen LogP contribution in [-0.4, -0.2) is 17.1 Å². The molecule has 0 fully saturated rings. The Morgan fingerprint density at radius 2 is 2.12 bits per heavy atom. The number of nitrogen functional groups attached to an aromatic ring is 1. The number of nitrogens with two attached hydrogens (primary N) is 1. The molecule has 0 saturated heterocycles. The molecule has 1 aromatic carbocycles. The van der Waals surface area contributed by atoms with Gasteiger partial charge in [-0.3, -0.25) is 4.98 Å². The van der Waals surface area contributed by atoms with Gasteiger partial charge in [0.1, 0.15) is 17.4 Å². The summed E-state index contributed by atoms with van der Waals surface area (Å²) >= 11 is 0. The first-order valence-electron chi connectivity index (χ1n) is 5.05. The zero-order valence-corrected chi connectivity index (χ0v) is 9.57. The summed E-state index contributed by atoms with van der Waals surface area (Å²) in [5, 5.41) is 0. The van der Waals surface area contributed by atoms with Crippen LogP contribution in [0.15, 0.2) is 24.4 Å². The van der Waals surface area contributed by atoms with Crippen molar-refractivity contribution in [1.29, 1.82) is 0 Å². The third-order valence-corrected chi connectivity index (χ3v) is 2.41. The molecule has 0 aliphatic carbocycles. The van der Waals surface area contributed by atoms with Gasteiger partial charge in [-0.2, -0.15) is 0 Å². The van der Waals surface area contributed by atoms with E-state index in [1.807, 2.05) is 0 Å². The molecule has 17 heavy (non-hydrogen) atoms. The van der Waals surface area contributed by atoms with Gasteiger partial charge < -0.3 is 10.5 Å². The molecule has 0 saturated carbocycles. The van der Waals surface area contributed by atoms with Crippen molar-refractivity contribution in [2.75, 3.05) is 12.8 Å². The van der Waals surface area contributed by atoms with Gasteiger partial charge in [0.05, 0.1) is 24.7 Å². The molecule has 0 unspecified atom stereocenters. The Balaban J connectivity index is 2.56. The van der Waals surface area contributed by atoms with Crippen molar-refractivity contribution in [3.8, 4) is 17.0 Å². The number of rotatable bonds is 2. The van der Waals surface area contributed by atoms with Crippen LogP contribution in [0.1, 0.15) is 5.69 Å². The third kappa shape index (κ3) is 2.18. The van der Waals surface area contributed by atoms with Gasteiger partial charge in [-0.1, -0.05) is 0 Å². The standard InChI is InChI=1S/C12H12FN3O/c1-7-12(16-11(14)6-15-7)9-4-3-8(17-2)5-10(9)13/h3-6H,1-2H3,(H2,14,16). The van der Waals surface area contributed by atoms with Gasteiger partial charge in [0, 0.05) is 11.6 Å². The summed E-state index contributed by atoms with van der Waals surface area (Å²) in [5.41, 5.74) is 6.99. The minimum atomic E-state index is -0.410. The van der Waals surface area contributed by atoms with E-state index < -0.39 is 5.82 Å². The monoisotopic (exact) mass is 233 g/mol. The number of benzene rings is 1. The van der Waals surface area contributed by atoms with Gasteiger partial charge in [-0.25, -0.2) is 9.37 Å². The lowest BCUT2D eigenvalue weighted by atomic mass is 10.1. The Labute approximate surface area is 98.3 Å². The number of methoxy groups -OCH3 is 1. The van der Waals surface area contributed by atoms with Gasteiger partial charge >= 0.3 is 0 Å². The first-order valence-corrected chi connectivity index (χ1v) is 5.05. The average Bonchev–Trinajstić information content (AvgIpc) is 2.32. The number of halogens is 1. The smallest absolute Gasteiger partial charge is 0.142 e. The van der Waals surface area contributed by atoms with Crippen LogP contribution in [0.2, 0.25) is 0 Å². The Morgan fingerprint density at radius 1 is 1.35 bits per heavy atom. The van der Waals surface area contributed by atoms with E-state index in [0.29, 0.717) is 22.7 Å². The quantitative estimate of drug-likeness (QED) is 0.863. The molecule has 1 heterocycles. The second-order valence-electron chi connectivity index (χ2n) is 3.57. The summed E-state index contributed by atoms with van der Waals surface area (Å²) in [6, 6.07) is 4.58. The molecule has 0 bridgehead atoms. The predicted octanol–water partition coefficient (Wildman–Crippen LogP) is 2.18. The van der Waals surface area contributed by atoms with E-state index >= 15 is 0 Å². The number of aryl methyl sites for hydroxylation is 1. The van der Waals surface area contributed by atoms with Crippen molar-refractivity contribution in [2.24, 2.45) is 0 Å². The summed E-state index contributed by atoms with van der Waals surface area (Å²) < 4.78 is 18.8. The first kappa shape index (κ1) is 11.3. The van der Waals surface area contributed by atoms with E-state index in [1.165, 1.54) is 19.4 Å². The highest BCUT2D eigenvalue weighted by Gasteiger charge is 2.11. The maximum Gasteiger partial charge on any atom is 0.142 e. The number of anilines is 1. The maximum absolute atomic E-state index is 13.8. The van der Waals surface area contributed by atoms with Crippen molar-refractivity contribution in [1.82, 2.24) is 9.97 Å². The Bertz CT molecular complexity index is 557. The highest BCUT2D eigenvalue weighted by molar-refractivity contribution is 5.64. The van der Waals surface area contributed by atoms with Gasteiger partial charge in [-0.15, -0.1) is 0 Å². The second kappa shape index (κ2) is 4.37. The average molecular weight is 233 g/mol. The Hall–Kier alpha value is -2.17. The molecule has 1 aromatic heterocycles. The van der Waals surface area contributed by atoms with E-state index in [0.717, 1.165) is 0 Å².